The van der Waals surface area contributed by atoms with Crippen molar-refractivity contribution in [1.29, 1.82) is 0 Å². The van der Waals surface area contributed by atoms with Crippen LogP contribution in [0.2, 0.25) is 0 Å². The Morgan fingerprint density at radius 1 is 1.48 bits per heavy atom. The molecule has 0 saturated heterocycles. The minimum atomic E-state index is -0.579. The van der Waals surface area contributed by atoms with Gasteiger partial charge in [0, 0.05) is 5.70 Å². The number of primary amides is 1. The zero-order chi connectivity index (χ0) is 18.1. The van der Waals surface area contributed by atoms with E-state index in [9.17, 15) is 4.79 Å². The molecule has 1 aromatic carbocycles. The lowest BCUT2D eigenvalue weighted by molar-refractivity contribution is -0.115. The van der Waals surface area contributed by atoms with Gasteiger partial charge in [0.25, 0.3) is 0 Å². The molecule has 1 aromatic heterocycles. The van der Waals surface area contributed by atoms with Gasteiger partial charge in [-0.1, -0.05) is 5.10 Å². The molecule has 3 N–H and O–H groups in total. The molecule has 0 radical (unpaired) electrons. The number of halogens is 1. The molecule has 1 aliphatic heterocycles. The number of nitrogens with zero attached hydrogens (tertiary/aromatic N) is 4. The number of carbonyl (C=O) groups is 1. The van der Waals surface area contributed by atoms with Gasteiger partial charge in [0.05, 0.1) is 23.8 Å². The monoisotopic (exact) mass is 408 g/mol. The minimum absolute atomic E-state index is 0.374. The van der Waals surface area contributed by atoms with Gasteiger partial charge >= 0.3 is 0 Å². The number of nitrogens with two attached hydrogens (primary N) is 1. The molecule has 0 bridgehead atoms. The second kappa shape index (κ2) is 6.71. The largest absolute Gasteiger partial charge is 0.492 e. The molecule has 25 heavy (non-hydrogen) atoms. The van der Waals surface area contributed by atoms with E-state index in [0.29, 0.717) is 39.8 Å². The molecule has 1 atom stereocenters. The summed E-state index contributed by atoms with van der Waals surface area (Å²) < 4.78 is 13.3. The molecule has 0 saturated carbocycles. The van der Waals surface area contributed by atoms with Crippen LogP contribution >= 0.6 is 15.9 Å². The van der Waals surface area contributed by atoms with Crippen LogP contribution in [0.15, 0.2) is 27.9 Å². The summed E-state index contributed by atoms with van der Waals surface area (Å²) in [5.74, 6) is 0.986. The van der Waals surface area contributed by atoms with Crippen molar-refractivity contribution < 1.29 is 14.3 Å². The zero-order valence-electron chi connectivity index (χ0n) is 13.9. The number of rotatable bonds is 5. The van der Waals surface area contributed by atoms with Crippen LogP contribution in [0.4, 0.5) is 5.95 Å². The third-order valence-corrected chi connectivity index (χ3v) is 4.42. The number of fused-ring (bicyclic) bond motifs is 1. The predicted octanol–water partition coefficient (Wildman–Crippen LogP) is 1.62. The van der Waals surface area contributed by atoms with Gasteiger partial charge < -0.3 is 20.5 Å². The summed E-state index contributed by atoms with van der Waals surface area (Å²) in [6.45, 7) is 4.10. The fourth-order valence-electron chi connectivity index (χ4n) is 2.85. The van der Waals surface area contributed by atoms with Crippen LogP contribution in [0, 0.1) is 0 Å². The second-order valence-corrected chi connectivity index (χ2v) is 6.20. The molecule has 2 aromatic rings. The van der Waals surface area contributed by atoms with Crippen molar-refractivity contribution in [2.45, 2.75) is 19.9 Å². The molecular formula is C15H17BrN6O3. The van der Waals surface area contributed by atoms with Crippen LogP contribution in [-0.2, 0) is 4.79 Å². The first kappa shape index (κ1) is 17.2. The molecule has 2 heterocycles. The number of allylic oxidation sites excluding steroid dienone is 1. The summed E-state index contributed by atoms with van der Waals surface area (Å²) >= 11 is 3.48. The molecule has 9 nitrogen and oxygen atoms in total. The number of amides is 1. The molecule has 1 amide bonds. The second-order valence-electron chi connectivity index (χ2n) is 5.34. The Bertz CT molecular complexity index is 863. The summed E-state index contributed by atoms with van der Waals surface area (Å²) in [4.78, 5) is 12.1. The average molecular weight is 409 g/mol. The number of aromatic nitrogens is 4. The number of hydrogen-bond acceptors (Lipinski definition) is 7. The van der Waals surface area contributed by atoms with E-state index in [2.05, 4.69) is 36.8 Å². The number of ether oxygens (including phenoxy) is 2. The average Bonchev–Trinajstić information content (AvgIpc) is 3.01. The maximum Gasteiger partial charge on any atom is 0.248 e. The molecule has 0 unspecified atom stereocenters. The molecule has 132 valence electrons. The van der Waals surface area contributed by atoms with E-state index in [4.69, 9.17) is 15.2 Å². The van der Waals surface area contributed by atoms with E-state index in [1.165, 1.54) is 4.68 Å². The highest BCUT2D eigenvalue weighted by Crippen LogP contribution is 2.42. The smallest absolute Gasteiger partial charge is 0.248 e. The lowest BCUT2D eigenvalue weighted by Gasteiger charge is -2.27. The molecule has 3 rings (SSSR count). The summed E-state index contributed by atoms with van der Waals surface area (Å²) in [5.41, 5.74) is 7.33. The lowest BCUT2D eigenvalue weighted by atomic mass is 9.95. The topological polar surface area (TPSA) is 117 Å². The maximum absolute atomic E-state index is 12.1. The SMILES string of the molecule is CCOc1cc([C@@H]2C(C(N)=O)=C(C)Nc3nnnn32)cc(Br)c1OC. The van der Waals surface area contributed by atoms with Crippen molar-refractivity contribution in [1.82, 2.24) is 20.2 Å². The number of anilines is 1. The van der Waals surface area contributed by atoms with E-state index in [1.807, 2.05) is 13.0 Å². The van der Waals surface area contributed by atoms with Gasteiger partial charge in [0.1, 0.15) is 6.04 Å². The third kappa shape index (κ3) is 2.93. The van der Waals surface area contributed by atoms with Crippen LogP contribution < -0.4 is 20.5 Å². The zero-order valence-corrected chi connectivity index (χ0v) is 15.5. The van der Waals surface area contributed by atoms with Crippen molar-refractivity contribution in [3.63, 3.8) is 0 Å². The van der Waals surface area contributed by atoms with E-state index < -0.39 is 11.9 Å². The van der Waals surface area contributed by atoms with Gasteiger partial charge in [-0.3, -0.25) is 4.79 Å². The molecule has 10 heteroatoms. The molecule has 0 fully saturated rings. The van der Waals surface area contributed by atoms with Crippen LogP contribution in [0.3, 0.4) is 0 Å². The molecule has 0 spiro atoms. The maximum atomic E-state index is 12.1. The van der Waals surface area contributed by atoms with Crippen molar-refractivity contribution in [3.8, 4) is 11.5 Å². The highest BCUT2D eigenvalue weighted by Gasteiger charge is 2.34. The van der Waals surface area contributed by atoms with Gasteiger partial charge in [-0.15, -0.1) is 0 Å². The third-order valence-electron chi connectivity index (χ3n) is 3.83. The van der Waals surface area contributed by atoms with E-state index >= 15 is 0 Å². The van der Waals surface area contributed by atoms with Gasteiger partial charge in [-0.05, 0) is 57.9 Å². The van der Waals surface area contributed by atoms with Gasteiger partial charge in [-0.25, -0.2) is 0 Å². The first-order chi connectivity index (χ1) is 12.0. The Hall–Kier alpha value is -2.62. The first-order valence-corrected chi connectivity index (χ1v) is 8.32. The Kier molecular flexibility index (Phi) is 4.62. The fourth-order valence-corrected chi connectivity index (χ4v) is 3.47. The molecule has 0 aliphatic carbocycles. The summed E-state index contributed by atoms with van der Waals surface area (Å²) in [5, 5.41) is 14.6. The number of methoxy groups -OCH3 is 1. The van der Waals surface area contributed by atoms with Crippen LogP contribution in [0.1, 0.15) is 25.5 Å². The lowest BCUT2D eigenvalue weighted by Crippen LogP contribution is -2.32. The number of hydrogen-bond donors (Lipinski definition) is 2. The Labute approximate surface area is 152 Å². The standard InChI is InChI=1S/C15H17BrN6O3/c1-4-25-10-6-8(5-9(16)13(10)24-3)12-11(14(17)23)7(2)18-15-19-20-21-22(12)15/h5-6,12H,4H2,1-3H3,(H2,17,23)(H,18,19,21)/t12-/m1/s1. The predicted molar refractivity (Wildman–Crippen MR) is 93.3 cm³/mol. The fraction of sp³-hybridized carbons (Fsp3) is 0.333. The Morgan fingerprint density at radius 2 is 2.24 bits per heavy atom. The Balaban J connectivity index is 2.22. The highest BCUT2D eigenvalue weighted by atomic mass is 79.9. The Morgan fingerprint density at radius 3 is 2.88 bits per heavy atom. The quantitative estimate of drug-likeness (QED) is 0.771. The van der Waals surface area contributed by atoms with Crippen molar-refractivity contribution >= 4 is 27.8 Å². The molecular weight excluding hydrogens is 392 g/mol. The number of carbonyl (C=O) groups excluding carboxylic acids is 1. The number of benzene rings is 1. The van der Waals surface area contributed by atoms with Crippen molar-refractivity contribution in [2.24, 2.45) is 5.73 Å². The first-order valence-electron chi connectivity index (χ1n) is 7.53. The summed E-state index contributed by atoms with van der Waals surface area (Å²) in [6.07, 6.45) is 0. The van der Waals surface area contributed by atoms with Crippen LogP contribution in [0.5, 0.6) is 11.5 Å². The summed E-state index contributed by atoms with van der Waals surface area (Å²) in [6, 6.07) is 3.05. The van der Waals surface area contributed by atoms with Crippen LogP contribution in [-0.4, -0.2) is 39.8 Å². The minimum Gasteiger partial charge on any atom is -0.492 e. The number of nitrogens with one attached hydrogen (secondary N) is 1. The number of tetrazole rings is 1. The van der Waals surface area contributed by atoms with Gasteiger partial charge in [0.15, 0.2) is 11.5 Å². The van der Waals surface area contributed by atoms with Crippen molar-refractivity contribution in [3.05, 3.63) is 33.4 Å². The van der Waals surface area contributed by atoms with E-state index in [1.54, 1.807) is 20.1 Å². The molecule has 1 aliphatic rings. The van der Waals surface area contributed by atoms with E-state index in [0.717, 1.165) is 5.56 Å². The highest BCUT2D eigenvalue weighted by molar-refractivity contribution is 9.10. The van der Waals surface area contributed by atoms with E-state index in [-0.39, 0.29) is 0 Å². The van der Waals surface area contributed by atoms with Crippen LogP contribution in [0.25, 0.3) is 0 Å². The van der Waals surface area contributed by atoms with Crippen molar-refractivity contribution in [2.75, 3.05) is 19.0 Å². The summed E-state index contributed by atoms with van der Waals surface area (Å²) in [7, 11) is 1.56. The van der Waals surface area contributed by atoms with Gasteiger partial charge in [-0.2, -0.15) is 4.68 Å². The normalized spacial score (nSPS) is 16.2. The van der Waals surface area contributed by atoms with Gasteiger partial charge in [0.2, 0.25) is 11.9 Å².